The highest BCUT2D eigenvalue weighted by Crippen LogP contribution is 2.21. The van der Waals surface area contributed by atoms with Crippen LogP contribution in [0.4, 0.5) is 11.4 Å². The van der Waals surface area contributed by atoms with E-state index in [2.05, 4.69) is 5.32 Å². The van der Waals surface area contributed by atoms with Crippen molar-refractivity contribution in [3.8, 4) is 0 Å². The van der Waals surface area contributed by atoms with E-state index in [1.807, 2.05) is 13.8 Å². The number of carboxylic acids is 1. The van der Waals surface area contributed by atoms with Gasteiger partial charge in [-0.3, -0.25) is 0 Å². The van der Waals surface area contributed by atoms with Gasteiger partial charge < -0.3 is 20.9 Å². The number of ether oxygens (including phenoxy) is 1. The van der Waals surface area contributed by atoms with Crippen molar-refractivity contribution in [1.82, 2.24) is 0 Å². The summed E-state index contributed by atoms with van der Waals surface area (Å²) in [6.45, 7) is 4.39. The van der Waals surface area contributed by atoms with Crippen molar-refractivity contribution < 1.29 is 14.6 Å². The van der Waals surface area contributed by atoms with Crippen molar-refractivity contribution in [2.75, 3.05) is 24.7 Å². The summed E-state index contributed by atoms with van der Waals surface area (Å²) in [5.74, 6) is -0.973. The number of nitrogen functional groups attached to an aromatic ring is 1. The lowest BCUT2D eigenvalue weighted by molar-refractivity contribution is 0.0344. The van der Waals surface area contributed by atoms with Gasteiger partial charge in [0.1, 0.15) is 0 Å². The Morgan fingerprint density at radius 1 is 1.53 bits per heavy atom. The van der Waals surface area contributed by atoms with Crippen LogP contribution in [0.3, 0.4) is 0 Å². The maximum atomic E-state index is 10.8. The van der Waals surface area contributed by atoms with Crippen LogP contribution in [-0.2, 0) is 4.74 Å². The van der Waals surface area contributed by atoms with Crippen molar-refractivity contribution in [2.24, 2.45) is 0 Å². The Balaban J connectivity index is 2.83. The van der Waals surface area contributed by atoms with E-state index < -0.39 is 5.97 Å². The van der Waals surface area contributed by atoms with Crippen LogP contribution in [-0.4, -0.2) is 30.3 Å². The lowest BCUT2D eigenvalue weighted by atomic mass is 10.1. The highest BCUT2D eigenvalue weighted by molar-refractivity contribution is 5.90. The number of aromatic carboxylic acids is 1. The van der Waals surface area contributed by atoms with Crippen molar-refractivity contribution in [3.63, 3.8) is 0 Å². The van der Waals surface area contributed by atoms with Crippen LogP contribution < -0.4 is 11.1 Å². The minimum atomic E-state index is -0.973. The summed E-state index contributed by atoms with van der Waals surface area (Å²) >= 11 is 0. The first-order chi connectivity index (χ1) is 7.85. The Hall–Kier alpha value is -1.75. The highest BCUT2D eigenvalue weighted by atomic mass is 16.5. The molecule has 0 spiro atoms. The molecule has 0 amide bonds. The Labute approximate surface area is 101 Å². The Morgan fingerprint density at radius 2 is 2.18 bits per heavy atom. The number of benzene rings is 1. The van der Waals surface area contributed by atoms with Gasteiger partial charge in [0.25, 0.3) is 0 Å². The van der Waals surface area contributed by atoms with E-state index in [1.165, 1.54) is 12.1 Å². The van der Waals surface area contributed by atoms with E-state index in [4.69, 9.17) is 15.6 Å². The lowest BCUT2D eigenvalue weighted by Gasteiger charge is -2.24. The number of methoxy groups -OCH3 is 1. The smallest absolute Gasteiger partial charge is 0.335 e. The van der Waals surface area contributed by atoms with E-state index >= 15 is 0 Å². The van der Waals surface area contributed by atoms with Crippen LogP contribution in [0, 0.1) is 0 Å². The van der Waals surface area contributed by atoms with Gasteiger partial charge in [0.2, 0.25) is 0 Å². The molecule has 0 saturated carbocycles. The van der Waals surface area contributed by atoms with Gasteiger partial charge in [-0.1, -0.05) is 0 Å². The molecule has 0 fully saturated rings. The van der Waals surface area contributed by atoms with Crippen LogP contribution in [0.15, 0.2) is 18.2 Å². The molecule has 0 bridgehead atoms. The molecular formula is C12H18N2O3. The van der Waals surface area contributed by atoms with Gasteiger partial charge in [0, 0.05) is 13.7 Å². The fraction of sp³-hybridized carbons (Fsp3) is 0.417. The molecule has 0 unspecified atom stereocenters. The van der Waals surface area contributed by atoms with Crippen molar-refractivity contribution in [3.05, 3.63) is 23.8 Å². The third-order valence-corrected chi connectivity index (χ3v) is 2.56. The first kappa shape index (κ1) is 13.3. The lowest BCUT2D eigenvalue weighted by Crippen LogP contribution is -2.32. The van der Waals surface area contributed by atoms with Gasteiger partial charge in [0.05, 0.1) is 22.5 Å². The fourth-order valence-corrected chi connectivity index (χ4v) is 1.22. The first-order valence-corrected chi connectivity index (χ1v) is 5.27. The van der Waals surface area contributed by atoms with Gasteiger partial charge in [-0.05, 0) is 32.0 Å². The van der Waals surface area contributed by atoms with Gasteiger partial charge >= 0.3 is 5.97 Å². The SMILES string of the molecule is COC(C)(C)CNc1cc(C(=O)O)ccc1N. The third kappa shape index (κ3) is 3.64. The maximum absolute atomic E-state index is 10.8. The molecule has 1 aromatic carbocycles. The maximum Gasteiger partial charge on any atom is 0.335 e. The summed E-state index contributed by atoms with van der Waals surface area (Å²) < 4.78 is 5.26. The van der Waals surface area contributed by atoms with Gasteiger partial charge in [-0.15, -0.1) is 0 Å². The number of carboxylic acid groups (broad SMARTS) is 1. The quantitative estimate of drug-likeness (QED) is 0.681. The largest absolute Gasteiger partial charge is 0.478 e. The molecule has 0 radical (unpaired) electrons. The number of hydrogen-bond acceptors (Lipinski definition) is 4. The average molecular weight is 238 g/mol. The van der Waals surface area contributed by atoms with Crippen molar-refractivity contribution in [2.45, 2.75) is 19.4 Å². The summed E-state index contributed by atoms with van der Waals surface area (Å²) in [5.41, 5.74) is 6.75. The van der Waals surface area contributed by atoms with Crippen LogP contribution in [0.2, 0.25) is 0 Å². The minimum Gasteiger partial charge on any atom is -0.478 e. The second-order valence-electron chi connectivity index (χ2n) is 4.42. The molecule has 0 saturated heterocycles. The molecule has 1 aromatic rings. The molecule has 4 N–H and O–H groups in total. The van der Waals surface area contributed by atoms with E-state index in [9.17, 15) is 4.79 Å². The summed E-state index contributed by atoms with van der Waals surface area (Å²) in [4.78, 5) is 10.8. The fourth-order valence-electron chi connectivity index (χ4n) is 1.22. The topological polar surface area (TPSA) is 84.6 Å². The van der Waals surface area contributed by atoms with Crippen molar-refractivity contribution >= 4 is 17.3 Å². The molecule has 0 aliphatic rings. The first-order valence-electron chi connectivity index (χ1n) is 5.27. The Morgan fingerprint density at radius 3 is 2.71 bits per heavy atom. The zero-order chi connectivity index (χ0) is 13.1. The molecule has 0 aromatic heterocycles. The van der Waals surface area contributed by atoms with Gasteiger partial charge in [0.15, 0.2) is 0 Å². The normalized spacial score (nSPS) is 11.2. The summed E-state index contributed by atoms with van der Waals surface area (Å²) in [6.07, 6.45) is 0. The second kappa shape index (κ2) is 5.05. The van der Waals surface area contributed by atoms with Gasteiger partial charge in [-0.2, -0.15) is 0 Å². The molecule has 94 valence electrons. The molecule has 5 heteroatoms. The van der Waals surface area contributed by atoms with E-state index in [0.29, 0.717) is 17.9 Å². The van der Waals surface area contributed by atoms with Gasteiger partial charge in [-0.25, -0.2) is 4.79 Å². The Bertz CT molecular complexity index is 416. The average Bonchev–Trinajstić information content (AvgIpc) is 2.27. The van der Waals surface area contributed by atoms with Crippen molar-refractivity contribution in [1.29, 1.82) is 0 Å². The molecule has 0 aliphatic carbocycles. The van der Waals surface area contributed by atoms with Crippen LogP contribution in [0.1, 0.15) is 24.2 Å². The van der Waals surface area contributed by atoms with Crippen LogP contribution >= 0.6 is 0 Å². The van der Waals surface area contributed by atoms with Crippen LogP contribution in [0.5, 0.6) is 0 Å². The number of hydrogen-bond donors (Lipinski definition) is 3. The molecule has 0 heterocycles. The highest BCUT2D eigenvalue weighted by Gasteiger charge is 2.16. The number of carbonyl (C=O) groups is 1. The molecule has 1 rings (SSSR count). The number of nitrogens with one attached hydrogen (secondary N) is 1. The predicted octanol–water partition coefficient (Wildman–Crippen LogP) is 1.80. The minimum absolute atomic E-state index is 0.205. The molecule has 5 nitrogen and oxygen atoms in total. The second-order valence-corrected chi connectivity index (χ2v) is 4.42. The number of rotatable bonds is 5. The summed E-state index contributed by atoms with van der Waals surface area (Å²) in [7, 11) is 1.62. The van der Waals surface area contributed by atoms with E-state index in [1.54, 1.807) is 13.2 Å². The zero-order valence-corrected chi connectivity index (χ0v) is 10.3. The predicted molar refractivity (Wildman–Crippen MR) is 67.4 cm³/mol. The molecular weight excluding hydrogens is 220 g/mol. The number of nitrogens with two attached hydrogens (primary N) is 1. The Kier molecular flexibility index (Phi) is 3.96. The number of anilines is 2. The van der Waals surface area contributed by atoms with E-state index in [-0.39, 0.29) is 11.2 Å². The zero-order valence-electron chi connectivity index (χ0n) is 10.3. The summed E-state index contributed by atoms with van der Waals surface area (Å²) in [5, 5.41) is 12.0. The molecule has 17 heavy (non-hydrogen) atoms. The third-order valence-electron chi connectivity index (χ3n) is 2.56. The monoisotopic (exact) mass is 238 g/mol. The molecule has 0 atom stereocenters. The summed E-state index contributed by atoms with van der Waals surface area (Å²) in [6, 6.07) is 4.57. The standard InChI is InChI=1S/C12H18N2O3/c1-12(2,17-3)7-14-10-6-8(11(15)16)4-5-9(10)13/h4-6,14H,7,13H2,1-3H3,(H,15,16). The molecule has 0 aliphatic heterocycles. The van der Waals surface area contributed by atoms with Crippen LogP contribution in [0.25, 0.3) is 0 Å². The van der Waals surface area contributed by atoms with E-state index in [0.717, 1.165) is 0 Å².